The van der Waals surface area contributed by atoms with E-state index < -0.39 is 0 Å². The molecule has 0 atom stereocenters. The maximum Gasteiger partial charge on any atom is 0.255 e. The van der Waals surface area contributed by atoms with E-state index in [1.54, 1.807) is 12.4 Å². The Balaban J connectivity index is 1.69. The average molecular weight is 272 g/mol. The second-order valence-electron chi connectivity index (χ2n) is 4.17. The van der Waals surface area contributed by atoms with Crippen molar-refractivity contribution in [3.63, 3.8) is 0 Å². The molecule has 0 aliphatic rings. The number of anilines is 1. The Hall–Kier alpha value is -2.63. The number of aromatic hydroxyl groups is 1. The Kier molecular flexibility index (Phi) is 4.88. The van der Waals surface area contributed by atoms with Gasteiger partial charge < -0.3 is 15.7 Å². The van der Waals surface area contributed by atoms with Crippen molar-refractivity contribution >= 4 is 11.6 Å². The number of amides is 1. The maximum absolute atomic E-state index is 11.8. The van der Waals surface area contributed by atoms with Gasteiger partial charge in [-0.3, -0.25) is 14.8 Å². The summed E-state index contributed by atoms with van der Waals surface area (Å²) in [6.45, 7) is 1.25. The van der Waals surface area contributed by atoms with Gasteiger partial charge in [0.15, 0.2) is 0 Å². The number of rotatable bonds is 6. The molecule has 20 heavy (non-hydrogen) atoms. The van der Waals surface area contributed by atoms with Gasteiger partial charge in [0.1, 0.15) is 5.75 Å². The summed E-state index contributed by atoms with van der Waals surface area (Å²) in [4.78, 5) is 19.5. The van der Waals surface area contributed by atoms with Gasteiger partial charge in [-0.25, -0.2) is 0 Å². The van der Waals surface area contributed by atoms with Crippen LogP contribution >= 0.6 is 0 Å². The molecule has 2 heterocycles. The van der Waals surface area contributed by atoms with Crippen LogP contribution in [-0.4, -0.2) is 34.1 Å². The third-order valence-corrected chi connectivity index (χ3v) is 2.67. The molecule has 0 saturated carbocycles. The SMILES string of the molecule is O=C(NCCCNc1cccnc1)c1ccncc1O. The first-order valence-electron chi connectivity index (χ1n) is 6.32. The van der Waals surface area contributed by atoms with Crippen LogP contribution in [-0.2, 0) is 0 Å². The van der Waals surface area contributed by atoms with Crippen molar-refractivity contribution in [3.05, 3.63) is 48.5 Å². The minimum Gasteiger partial charge on any atom is -0.505 e. The molecular formula is C14H16N4O2. The summed E-state index contributed by atoms with van der Waals surface area (Å²) in [5.74, 6) is -0.412. The predicted molar refractivity (Wildman–Crippen MR) is 75.6 cm³/mol. The summed E-state index contributed by atoms with van der Waals surface area (Å²) in [6, 6.07) is 5.27. The van der Waals surface area contributed by atoms with Crippen LogP contribution in [0.15, 0.2) is 43.0 Å². The van der Waals surface area contributed by atoms with Crippen LogP contribution in [0.1, 0.15) is 16.8 Å². The second-order valence-corrected chi connectivity index (χ2v) is 4.17. The maximum atomic E-state index is 11.8. The third kappa shape index (κ3) is 3.94. The lowest BCUT2D eigenvalue weighted by Gasteiger charge is -2.08. The molecule has 0 radical (unpaired) electrons. The smallest absolute Gasteiger partial charge is 0.255 e. The lowest BCUT2D eigenvalue weighted by atomic mass is 10.2. The number of carbonyl (C=O) groups is 1. The van der Waals surface area contributed by atoms with E-state index in [0.29, 0.717) is 6.54 Å². The van der Waals surface area contributed by atoms with Gasteiger partial charge in [-0.05, 0) is 24.6 Å². The first-order chi connectivity index (χ1) is 9.77. The van der Waals surface area contributed by atoms with Crippen LogP contribution in [0.25, 0.3) is 0 Å². The van der Waals surface area contributed by atoms with E-state index in [2.05, 4.69) is 20.6 Å². The minimum atomic E-state index is -0.300. The van der Waals surface area contributed by atoms with E-state index in [4.69, 9.17) is 0 Å². The molecule has 1 amide bonds. The first-order valence-corrected chi connectivity index (χ1v) is 6.32. The molecule has 6 heteroatoms. The molecule has 2 aromatic heterocycles. The van der Waals surface area contributed by atoms with Crippen molar-refractivity contribution in [2.45, 2.75) is 6.42 Å². The van der Waals surface area contributed by atoms with Crippen molar-refractivity contribution in [1.82, 2.24) is 15.3 Å². The number of aromatic nitrogens is 2. The Bertz CT molecular complexity index is 560. The second kappa shape index (κ2) is 7.08. The van der Waals surface area contributed by atoms with Crippen LogP contribution in [0.2, 0.25) is 0 Å². The normalized spacial score (nSPS) is 10.0. The highest BCUT2D eigenvalue weighted by Crippen LogP contribution is 2.13. The summed E-state index contributed by atoms with van der Waals surface area (Å²) in [6.07, 6.45) is 6.95. The molecule has 0 saturated heterocycles. The lowest BCUT2D eigenvalue weighted by molar-refractivity contribution is 0.0951. The number of nitrogens with one attached hydrogen (secondary N) is 2. The number of carbonyl (C=O) groups excluding carboxylic acids is 1. The number of hydrogen-bond donors (Lipinski definition) is 3. The number of pyridine rings is 2. The monoisotopic (exact) mass is 272 g/mol. The fourth-order valence-corrected chi connectivity index (χ4v) is 1.66. The van der Waals surface area contributed by atoms with E-state index in [1.807, 2.05) is 12.1 Å². The minimum absolute atomic E-state index is 0.113. The molecule has 0 bridgehead atoms. The fourth-order valence-electron chi connectivity index (χ4n) is 1.66. The Morgan fingerprint density at radius 1 is 1.15 bits per heavy atom. The van der Waals surface area contributed by atoms with E-state index in [1.165, 1.54) is 18.5 Å². The van der Waals surface area contributed by atoms with Crippen LogP contribution in [0.3, 0.4) is 0 Å². The van der Waals surface area contributed by atoms with Crippen molar-refractivity contribution in [1.29, 1.82) is 0 Å². The summed E-state index contributed by atoms with van der Waals surface area (Å²) < 4.78 is 0. The molecule has 0 aromatic carbocycles. The largest absolute Gasteiger partial charge is 0.505 e. The van der Waals surface area contributed by atoms with E-state index in [9.17, 15) is 9.90 Å². The molecule has 104 valence electrons. The van der Waals surface area contributed by atoms with E-state index in [-0.39, 0.29) is 17.2 Å². The van der Waals surface area contributed by atoms with E-state index in [0.717, 1.165) is 18.7 Å². The summed E-state index contributed by atoms with van der Waals surface area (Å²) in [5.41, 5.74) is 1.19. The zero-order valence-electron chi connectivity index (χ0n) is 10.9. The van der Waals surface area contributed by atoms with Gasteiger partial charge >= 0.3 is 0 Å². The lowest BCUT2D eigenvalue weighted by Crippen LogP contribution is -2.25. The van der Waals surface area contributed by atoms with E-state index >= 15 is 0 Å². The van der Waals surface area contributed by atoms with Gasteiger partial charge in [0.25, 0.3) is 5.91 Å². The van der Waals surface area contributed by atoms with Gasteiger partial charge in [-0.15, -0.1) is 0 Å². The molecule has 0 fully saturated rings. The van der Waals surface area contributed by atoms with Crippen LogP contribution in [0.4, 0.5) is 5.69 Å². The molecule has 0 aliphatic carbocycles. The standard InChI is InChI=1S/C14H16N4O2/c19-13-10-16-8-4-12(13)14(20)18-7-2-6-17-11-3-1-5-15-9-11/h1,3-5,8-10,17,19H,2,6-7H2,(H,18,20). The molecule has 2 rings (SSSR count). The van der Waals surface area contributed by atoms with Gasteiger partial charge in [0.2, 0.25) is 0 Å². The summed E-state index contributed by atoms with van der Waals surface area (Å²) in [7, 11) is 0. The highest BCUT2D eigenvalue weighted by molar-refractivity contribution is 5.96. The molecule has 0 spiro atoms. The zero-order chi connectivity index (χ0) is 14.2. The van der Waals surface area contributed by atoms with Gasteiger partial charge in [-0.2, -0.15) is 0 Å². The first kappa shape index (κ1) is 13.8. The third-order valence-electron chi connectivity index (χ3n) is 2.67. The van der Waals surface area contributed by atoms with Crippen LogP contribution < -0.4 is 10.6 Å². The molecular weight excluding hydrogens is 256 g/mol. The number of nitrogens with zero attached hydrogens (tertiary/aromatic N) is 2. The quantitative estimate of drug-likeness (QED) is 0.692. The topological polar surface area (TPSA) is 87.1 Å². The van der Waals surface area contributed by atoms with Crippen LogP contribution in [0.5, 0.6) is 5.75 Å². The van der Waals surface area contributed by atoms with Crippen molar-refractivity contribution in [2.24, 2.45) is 0 Å². The Morgan fingerprint density at radius 2 is 2.00 bits per heavy atom. The van der Waals surface area contributed by atoms with Gasteiger partial charge in [-0.1, -0.05) is 0 Å². The highest BCUT2D eigenvalue weighted by atomic mass is 16.3. The van der Waals surface area contributed by atoms with Gasteiger partial charge in [0, 0.05) is 31.7 Å². The fraction of sp³-hybridized carbons (Fsp3) is 0.214. The van der Waals surface area contributed by atoms with Crippen molar-refractivity contribution in [2.75, 3.05) is 18.4 Å². The predicted octanol–water partition coefficient (Wildman–Crippen LogP) is 1.41. The van der Waals surface area contributed by atoms with Crippen molar-refractivity contribution in [3.8, 4) is 5.75 Å². The molecule has 6 nitrogen and oxygen atoms in total. The van der Waals surface area contributed by atoms with Crippen LogP contribution in [0, 0.1) is 0 Å². The molecule has 0 aliphatic heterocycles. The molecule has 2 aromatic rings. The molecule has 0 unspecified atom stereocenters. The zero-order valence-corrected chi connectivity index (χ0v) is 10.9. The Labute approximate surface area is 116 Å². The number of hydrogen-bond acceptors (Lipinski definition) is 5. The average Bonchev–Trinajstić information content (AvgIpc) is 2.48. The Morgan fingerprint density at radius 3 is 2.75 bits per heavy atom. The summed E-state index contributed by atoms with van der Waals surface area (Å²) in [5, 5.41) is 15.4. The highest BCUT2D eigenvalue weighted by Gasteiger charge is 2.09. The van der Waals surface area contributed by atoms with Gasteiger partial charge in [0.05, 0.1) is 17.4 Å². The van der Waals surface area contributed by atoms with Crippen molar-refractivity contribution < 1.29 is 9.90 Å². The summed E-state index contributed by atoms with van der Waals surface area (Å²) >= 11 is 0. The molecule has 3 N–H and O–H groups in total.